The fourth-order valence-corrected chi connectivity index (χ4v) is 1.38. The minimum Gasteiger partial charge on any atom is -0.384 e. The van der Waals surface area contributed by atoms with E-state index in [0.29, 0.717) is 5.92 Å². The van der Waals surface area contributed by atoms with Crippen LogP contribution in [0.2, 0.25) is 0 Å². The van der Waals surface area contributed by atoms with Crippen LogP contribution < -0.4 is 16.4 Å². The molecule has 0 rings (SSSR count). The van der Waals surface area contributed by atoms with E-state index in [1.54, 1.807) is 7.11 Å². The van der Waals surface area contributed by atoms with Crippen molar-refractivity contribution in [1.82, 2.24) is 10.6 Å². The van der Waals surface area contributed by atoms with Crippen molar-refractivity contribution < 1.29 is 4.74 Å². The Hall–Kier alpha value is -0.160. The Morgan fingerprint density at radius 2 is 1.80 bits per heavy atom. The molecule has 1 atom stereocenters. The first-order valence-electron chi connectivity index (χ1n) is 5.91. The van der Waals surface area contributed by atoms with E-state index in [-0.39, 0.29) is 0 Å². The average molecular weight is 217 g/mol. The summed E-state index contributed by atoms with van der Waals surface area (Å²) in [7, 11) is 1.75. The summed E-state index contributed by atoms with van der Waals surface area (Å²) >= 11 is 0. The Morgan fingerprint density at radius 3 is 2.47 bits per heavy atom. The first-order valence-corrected chi connectivity index (χ1v) is 5.91. The second-order valence-electron chi connectivity index (χ2n) is 4.01. The van der Waals surface area contributed by atoms with Gasteiger partial charge < -0.3 is 21.1 Å². The van der Waals surface area contributed by atoms with Crippen molar-refractivity contribution in [2.75, 3.05) is 46.4 Å². The molecule has 0 aliphatic heterocycles. The molecule has 0 fully saturated rings. The summed E-state index contributed by atoms with van der Waals surface area (Å²) in [6.07, 6.45) is 2.24. The molecule has 0 aliphatic carbocycles. The molecule has 0 bridgehead atoms. The normalized spacial score (nSPS) is 13.0. The van der Waals surface area contributed by atoms with Crippen LogP contribution >= 0.6 is 0 Å². The van der Waals surface area contributed by atoms with Gasteiger partial charge >= 0.3 is 0 Å². The van der Waals surface area contributed by atoms with E-state index in [1.807, 2.05) is 0 Å². The fourth-order valence-electron chi connectivity index (χ4n) is 1.38. The Labute approximate surface area is 93.9 Å². The highest BCUT2D eigenvalue weighted by Crippen LogP contribution is 1.91. The lowest BCUT2D eigenvalue weighted by Crippen LogP contribution is -2.27. The first-order chi connectivity index (χ1) is 7.31. The van der Waals surface area contributed by atoms with Crippen LogP contribution in [0.1, 0.15) is 19.8 Å². The summed E-state index contributed by atoms with van der Waals surface area (Å²) in [5.74, 6) is 0.597. The zero-order valence-corrected chi connectivity index (χ0v) is 10.2. The Morgan fingerprint density at radius 1 is 1.13 bits per heavy atom. The number of nitrogens with two attached hydrogens (primary N) is 1. The van der Waals surface area contributed by atoms with Crippen LogP contribution in [0.25, 0.3) is 0 Å². The first kappa shape index (κ1) is 14.8. The second-order valence-corrected chi connectivity index (χ2v) is 4.01. The number of ether oxygens (including phenoxy) is 1. The zero-order valence-electron chi connectivity index (χ0n) is 10.2. The molecule has 0 aromatic carbocycles. The van der Waals surface area contributed by atoms with Crippen LogP contribution in [0, 0.1) is 5.92 Å². The van der Waals surface area contributed by atoms with Crippen molar-refractivity contribution >= 4 is 0 Å². The monoisotopic (exact) mass is 217 g/mol. The maximum Gasteiger partial charge on any atom is 0.0499 e. The highest BCUT2D eigenvalue weighted by atomic mass is 16.5. The number of methoxy groups -OCH3 is 1. The third-order valence-electron chi connectivity index (χ3n) is 2.21. The van der Waals surface area contributed by atoms with Crippen molar-refractivity contribution in [3.05, 3.63) is 0 Å². The lowest BCUT2D eigenvalue weighted by Gasteiger charge is -2.11. The molecular formula is C11H27N3O. The Bertz CT molecular complexity index is 122. The van der Waals surface area contributed by atoms with E-state index in [0.717, 1.165) is 45.8 Å². The van der Waals surface area contributed by atoms with Gasteiger partial charge in [0.05, 0.1) is 0 Å². The number of nitrogens with one attached hydrogen (secondary N) is 2. The molecule has 1 unspecified atom stereocenters. The Balaban J connectivity index is 2.98. The largest absolute Gasteiger partial charge is 0.384 e. The van der Waals surface area contributed by atoms with Crippen LogP contribution in [-0.2, 0) is 4.74 Å². The van der Waals surface area contributed by atoms with Crippen LogP contribution in [0.15, 0.2) is 0 Å². The van der Waals surface area contributed by atoms with Crippen molar-refractivity contribution in [1.29, 1.82) is 0 Å². The quantitative estimate of drug-likeness (QED) is 0.432. The molecule has 0 amide bonds. The molecular weight excluding hydrogens is 190 g/mol. The van der Waals surface area contributed by atoms with Gasteiger partial charge in [0.15, 0.2) is 0 Å². The molecule has 15 heavy (non-hydrogen) atoms. The molecule has 0 radical (unpaired) electrons. The predicted molar refractivity (Wildman–Crippen MR) is 65.1 cm³/mol. The topological polar surface area (TPSA) is 59.3 Å². The molecule has 0 saturated heterocycles. The van der Waals surface area contributed by atoms with E-state index < -0.39 is 0 Å². The summed E-state index contributed by atoms with van der Waals surface area (Å²) in [6, 6.07) is 0. The van der Waals surface area contributed by atoms with Crippen molar-refractivity contribution in [3.63, 3.8) is 0 Å². The van der Waals surface area contributed by atoms with Gasteiger partial charge in [-0.2, -0.15) is 0 Å². The average Bonchev–Trinajstić information content (AvgIpc) is 2.22. The zero-order chi connectivity index (χ0) is 11.4. The van der Waals surface area contributed by atoms with Gasteiger partial charge in [-0.1, -0.05) is 6.92 Å². The van der Waals surface area contributed by atoms with Crippen LogP contribution in [-0.4, -0.2) is 46.4 Å². The minimum atomic E-state index is 0.597. The molecule has 0 saturated carbocycles. The third-order valence-corrected chi connectivity index (χ3v) is 2.21. The SMILES string of the molecule is COCC(C)CNCCCNCCCN. The van der Waals surface area contributed by atoms with Gasteiger partial charge in [-0.15, -0.1) is 0 Å². The van der Waals surface area contributed by atoms with Crippen molar-refractivity contribution in [2.45, 2.75) is 19.8 Å². The Kier molecular flexibility index (Phi) is 11.8. The van der Waals surface area contributed by atoms with Gasteiger partial charge in [0.2, 0.25) is 0 Å². The molecule has 0 aromatic rings. The van der Waals surface area contributed by atoms with E-state index in [4.69, 9.17) is 10.5 Å². The summed E-state index contributed by atoms with van der Waals surface area (Å²) in [4.78, 5) is 0. The van der Waals surface area contributed by atoms with Gasteiger partial charge in [-0.25, -0.2) is 0 Å². The van der Waals surface area contributed by atoms with E-state index in [9.17, 15) is 0 Å². The van der Waals surface area contributed by atoms with Crippen LogP contribution in [0.3, 0.4) is 0 Å². The minimum absolute atomic E-state index is 0.597. The van der Waals surface area contributed by atoms with Crippen LogP contribution in [0.4, 0.5) is 0 Å². The van der Waals surface area contributed by atoms with E-state index in [1.165, 1.54) is 6.42 Å². The fraction of sp³-hybridized carbons (Fsp3) is 1.00. The highest BCUT2D eigenvalue weighted by Gasteiger charge is 1.99. The van der Waals surface area contributed by atoms with E-state index >= 15 is 0 Å². The van der Waals surface area contributed by atoms with Crippen molar-refractivity contribution in [3.8, 4) is 0 Å². The molecule has 0 aliphatic rings. The van der Waals surface area contributed by atoms with Gasteiger partial charge in [0, 0.05) is 13.7 Å². The molecule has 4 nitrogen and oxygen atoms in total. The molecule has 4 heteroatoms. The van der Waals surface area contributed by atoms with E-state index in [2.05, 4.69) is 17.6 Å². The lowest BCUT2D eigenvalue weighted by molar-refractivity contribution is 0.158. The summed E-state index contributed by atoms with van der Waals surface area (Å²) in [5.41, 5.74) is 5.39. The molecule has 0 heterocycles. The summed E-state index contributed by atoms with van der Waals surface area (Å²) < 4.78 is 5.06. The molecule has 0 spiro atoms. The highest BCUT2D eigenvalue weighted by molar-refractivity contribution is 4.57. The number of hydrogen-bond acceptors (Lipinski definition) is 4. The third kappa shape index (κ3) is 11.8. The predicted octanol–water partition coefficient (Wildman–Crippen LogP) is 0.187. The molecule has 4 N–H and O–H groups in total. The van der Waals surface area contributed by atoms with Gasteiger partial charge in [-0.05, 0) is 51.5 Å². The molecule has 0 aromatic heterocycles. The second kappa shape index (κ2) is 11.9. The number of hydrogen-bond donors (Lipinski definition) is 3. The summed E-state index contributed by atoms with van der Waals surface area (Å²) in [6.45, 7) is 8.03. The maximum absolute atomic E-state index is 5.39. The van der Waals surface area contributed by atoms with Crippen LogP contribution in [0.5, 0.6) is 0 Å². The number of rotatable bonds is 11. The smallest absolute Gasteiger partial charge is 0.0499 e. The molecule has 92 valence electrons. The standard InChI is InChI=1S/C11H27N3O/c1-11(10-15-2)9-14-8-4-7-13-6-3-5-12/h11,13-14H,3-10,12H2,1-2H3. The maximum atomic E-state index is 5.39. The van der Waals surface area contributed by atoms with Gasteiger partial charge in [-0.3, -0.25) is 0 Å². The van der Waals surface area contributed by atoms with Crippen molar-refractivity contribution in [2.24, 2.45) is 11.7 Å². The lowest BCUT2D eigenvalue weighted by atomic mass is 10.2. The summed E-state index contributed by atoms with van der Waals surface area (Å²) in [5, 5.41) is 6.77. The van der Waals surface area contributed by atoms with Gasteiger partial charge in [0.1, 0.15) is 0 Å². The van der Waals surface area contributed by atoms with Gasteiger partial charge in [0.25, 0.3) is 0 Å².